The Morgan fingerprint density at radius 3 is 2.26 bits per heavy atom. The summed E-state index contributed by atoms with van der Waals surface area (Å²) in [6, 6.07) is 25.6. The van der Waals surface area contributed by atoms with Gasteiger partial charge in [0.2, 0.25) is 19.1 Å². The summed E-state index contributed by atoms with van der Waals surface area (Å²) in [5.41, 5.74) is 3.94. The Bertz CT molecular complexity index is 3150. The zero-order valence-electron chi connectivity index (χ0n) is 43.1. The number of benzene rings is 5. The first-order chi connectivity index (χ1) is 35.6. The molecular weight excluding hydrogens is 955 g/mol. The SMILES string of the molecule is CC(=O)[C@H]1CC[C@H]2[C@@H]3CC=C4C[C@@H](O)CC[C@]4(C)[C@H]3CC[C@]12C.C[n+]1cc2c3c(ccc2c2ccc4cc5c(cc4c21)OCO5)OCO3.O=C(CCCN1CCC(O)(c2ccc(Cl)cc2)CC1)c1ccc(F)cc1. The fourth-order valence-corrected chi connectivity index (χ4v) is 14.8. The molecule has 13 rings (SSSR count). The third kappa shape index (κ3) is 9.34. The number of pyridine rings is 1. The number of aliphatic hydroxyl groups excluding tert-OH is 1. The van der Waals surface area contributed by atoms with E-state index >= 15 is 0 Å². The van der Waals surface area contributed by atoms with Crippen LogP contribution in [0.3, 0.4) is 0 Å². The largest absolute Gasteiger partial charge is 0.454 e. The van der Waals surface area contributed by atoms with Crippen molar-refractivity contribution in [2.24, 2.45) is 41.5 Å². The van der Waals surface area contributed by atoms with Gasteiger partial charge in [0.15, 0.2) is 35.0 Å². The molecule has 0 bridgehead atoms. The van der Waals surface area contributed by atoms with Gasteiger partial charge < -0.3 is 34.1 Å². The second-order valence-electron chi connectivity index (χ2n) is 22.7. The second-order valence-corrected chi connectivity index (χ2v) is 23.2. The number of carbonyl (C=O) groups is 2. The number of aliphatic hydroxyl groups is 2. The normalized spacial score (nSPS) is 27.2. The molecule has 74 heavy (non-hydrogen) atoms. The van der Waals surface area contributed by atoms with Gasteiger partial charge in [0.1, 0.15) is 18.6 Å². The number of aromatic nitrogens is 1. The number of ether oxygens (including phenoxy) is 4. The quantitative estimate of drug-likeness (QED) is 0.0697. The van der Waals surface area contributed by atoms with Gasteiger partial charge in [-0.3, -0.25) is 9.59 Å². The number of hydrogen-bond donors (Lipinski definition) is 2. The van der Waals surface area contributed by atoms with Crippen LogP contribution >= 0.6 is 11.6 Å². The molecule has 0 amide bonds. The van der Waals surface area contributed by atoms with E-state index in [2.05, 4.69) is 66.9 Å². The lowest BCUT2D eigenvalue weighted by Crippen LogP contribution is -2.50. The van der Waals surface area contributed by atoms with E-state index < -0.39 is 5.60 Å². The van der Waals surface area contributed by atoms with Crippen LogP contribution in [0.5, 0.6) is 23.0 Å². The summed E-state index contributed by atoms with van der Waals surface area (Å²) in [6.07, 6.45) is 16.1. The number of halogens is 2. The van der Waals surface area contributed by atoms with Crippen molar-refractivity contribution in [2.75, 3.05) is 33.2 Å². The Balaban J connectivity index is 0.000000119. The predicted octanol–water partition coefficient (Wildman–Crippen LogP) is 12.4. The lowest BCUT2D eigenvalue weighted by molar-refractivity contribution is -0.642. The molecule has 10 nitrogen and oxygen atoms in total. The number of aryl methyl sites for hydroxylation is 1. The monoisotopic (exact) mass is 1020 g/mol. The maximum Gasteiger partial charge on any atom is 0.231 e. The van der Waals surface area contributed by atoms with Crippen molar-refractivity contribution in [3.8, 4) is 23.0 Å². The average molecular weight is 1020 g/mol. The molecule has 0 radical (unpaired) electrons. The maximum atomic E-state index is 12.9. The first-order valence-corrected chi connectivity index (χ1v) is 27.2. The third-order valence-corrected chi connectivity index (χ3v) is 19.0. The number of Topliss-reactive ketones (excluding diaryl/α,β-unsaturated/α-hetero) is 2. The van der Waals surface area contributed by atoms with Gasteiger partial charge in [-0.15, -0.1) is 0 Å². The van der Waals surface area contributed by atoms with Crippen LogP contribution in [-0.2, 0) is 17.4 Å². The number of ketones is 2. The summed E-state index contributed by atoms with van der Waals surface area (Å²) in [6.45, 7) is 9.67. The summed E-state index contributed by atoms with van der Waals surface area (Å²) in [5.74, 6) is 5.94. The second kappa shape index (κ2) is 20.2. The molecule has 4 fully saturated rings. The molecule has 3 aliphatic heterocycles. The standard InChI is InChI=1S/C21H23ClFNO2.C21H32O2.C20H14NO4/c22-18-7-5-17(6-8-18)21(26)11-14-24(15-12-21)13-1-2-20(25)16-3-9-19(23)10-4-16;1-13(22)17-6-7-18-16-5-4-14-12-15(23)8-10-20(14,2)19(16)9-11-21(17,18)3;1-21-8-15-12(4-5-16-20(15)25-10-22-16)13-3-2-11-6-17-18(24-9-23-17)7-14(11)19(13)21/h3-10,26H,1-2,11-15H2;4,15-19,23H,5-12H2,1-3H3;2-8H,9-10H2,1H3/q;;+1/t;15-,16-,17+,18-,19-,20-,21+;/m.0./s1. The van der Waals surface area contributed by atoms with Crippen molar-refractivity contribution >= 4 is 55.6 Å². The first-order valence-electron chi connectivity index (χ1n) is 26.9. The van der Waals surface area contributed by atoms with Crippen molar-refractivity contribution < 1.29 is 47.7 Å². The molecule has 7 aliphatic rings. The third-order valence-electron chi connectivity index (χ3n) is 18.7. The molecule has 12 heteroatoms. The van der Waals surface area contributed by atoms with Crippen molar-refractivity contribution in [2.45, 2.75) is 110 Å². The van der Waals surface area contributed by atoms with Crippen LogP contribution < -0.4 is 23.5 Å². The molecule has 7 atom stereocenters. The van der Waals surface area contributed by atoms with Gasteiger partial charge in [0.05, 0.1) is 27.9 Å². The van der Waals surface area contributed by atoms with Gasteiger partial charge >= 0.3 is 0 Å². The van der Waals surface area contributed by atoms with Crippen molar-refractivity contribution in [1.29, 1.82) is 0 Å². The Labute approximate surface area is 438 Å². The lowest BCUT2D eigenvalue weighted by Gasteiger charge is -2.57. The van der Waals surface area contributed by atoms with Crippen LogP contribution in [0.15, 0.2) is 103 Å². The average Bonchev–Trinajstić information content (AvgIpc) is 4.16. The fourth-order valence-electron chi connectivity index (χ4n) is 14.7. The number of fused-ring (bicyclic) bond motifs is 13. The topological polar surface area (TPSA) is 119 Å². The summed E-state index contributed by atoms with van der Waals surface area (Å²) in [4.78, 5) is 26.6. The summed E-state index contributed by atoms with van der Waals surface area (Å²) < 4.78 is 37.3. The van der Waals surface area contributed by atoms with Gasteiger partial charge in [0, 0.05) is 41.4 Å². The minimum atomic E-state index is -0.801. The Morgan fingerprint density at radius 1 is 0.784 bits per heavy atom. The highest BCUT2D eigenvalue weighted by Gasteiger charge is 2.59. The van der Waals surface area contributed by atoms with Crippen molar-refractivity contribution in [3.63, 3.8) is 0 Å². The number of carbonyl (C=O) groups excluding carboxylic acids is 2. The number of likely N-dealkylation sites (tertiary alicyclic amines) is 1. The van der Waals surface area contributed by atoms with Crippen LogP contribution in [-0.4, -0.2) is 66.0 Å². The van der Waals surface area contributed by atoms with Crippen molar-refractivity contribution in [1.82, 2.24) is 4.90 Å². The van der Waals surface area contributed by atoms with E-state index in [4.69, 9.17) is 30.5 Å². The van der Waals surface area contributed by atoms with E-state index in [0.717, 1.165) is 125 Å². The zero-order chi connectivity index (χ0) is 51.5. The number of rotatable bonds is 7. The molecule has 2 N–H and O–H groups in total. The predicted molar refractivity (Wildman–Crippen MR) is 285 cm³/mol. The summed E-state index contributed by atoms with van der Waals surface area (Å²) >= 11 is 5.92. The van der Waals surface area contributed by atoms with E-state index in [-0.39, 0.29) is 36.7 Å². The molecule has 0 spiro atoms. The van der Waals surface area contributed by atoms with Crippen LogP contribution in [0.2, 0.25) is 5.02 Å². The first kappa shape index (κ1) is 50.6. The lowest BCUT2D eigenvalue weighted by atomic mass is 9.47. The number of allylic oxidation sites excluding steroid dienone is 1. The zero-order valence-corrected chi connectivity index (χ0v) is 43.9. The highest BCUT2D eigenvalue weighted by molar-refractivity contribution is 6.30. The van der Waals surface area contributed by atoms with Gasteiger partial charge in [-0.25, -0.2) is 4.39 Å². The molecule has 1 saturated heterocycles. The van der Waals surface area contributed by atoms with E-state index in [1.54, 1.807) is 5.57 Å². The smallest absolute Gasteiger partial charge is 0.231 e. The van der Waals surface area contributed by atoms with Crippen LogP contribution in [0.25, 0.3) is 32.4 Å². The Kier molecular flexibility index (Phi) is 13.8. The molecule has 5 aromatic carbocycles. The molecule has 1 aromatic heterocycles. The number of nitrogens with zero attached hydrogens (tertiary/aromatic N) is 2. The van der Waals surface area contributed by atoms with Crippen LogP contribution in [0.1, 0.15) is 114 Å². The summed E-state index contributed by atoms with van der Waals surface area (Å²) in [5, 5.41) is 27.3. The molecule has 0 unspecified atom stereocenters. The Morgan fingerprint density at radius 2 is 1.50 bits per heavy atom. The van der Waals surface area contributed by atoms with E-state index in [9.17, 15) is 24.2 Å². The number of piperidine rings is 1. The Hall–Kier alpha value is -5.59. The summed E-state index contributed by atoms with van der Waals surface area (Å²) in [7, 11) is 2.06. The van der Waals surface area contributed by atoms with E-state index in [1.807, 2.05) is 43.3 Å². The highest BCUT2D eigenvalue weighted by atomic mass is 35.5. The maximum absolute atomic E-state index is 12.9. The van der Waals surface area contributed by atoms with Gasteiger partial charge in [-0.1, -0.05) is 55.3 Å². The van der Waals surface area contributed by atoms with E-state index in [1.165, 1.54) is 55.3 Å². The van der Waals surface area contributed by atoms with Gasteiger partial charge in [0.25, 0.3) is 0 Å². The number of hydrogen-bond acceptors (Lipinski definition) is 9. The molecular formula is C62H69ClFN2O8+. The minimum absolute atomic E-state index is 0.0414. The van der Waals surface area contributed by atoms with E-state index in [0.29, 0.717) is 47.0 Å². The van der Waals surface area contributed by atoms with Crippen LogP contribution in [0.4, 0.5) is 4.39 Å². The molecule has 4 heterocycles. The molecule has 3 saturated carbocycles. The van der Waals surface area contributed by atoms with Crippen molar-refractivity contribution in [3.05, 3.63) is 125 Å². The highest BCUT2D eigenvalue weighted by Crippen LogP contribution is 2.66. The molecule has 388 valence electrons. The van der Waals surface area contributed by atoms with Gasteiger partial charge in [-0.05, 0) is 190 Å². The van der Waals surface area contributed by atoms with Gasteiger partial charge in [-0.2, -0.15) is 4.57 Å². The van der Waals surface area contributed by atoms with Crippen LogP contribution in [0, 0.1) is 40.3 Å². The molecule has 6 aromatic rings. The minimum Gasteiger partial charge on any atom is -0.454 e. The fraction of sp³-hybridized carbons (Fsp3) is 0.468. The molecule has 4 aliphatic carbocycles.